The van der Waals surface area contributed by atoms with Crippen LogP contribution >= 0.6 is 22.9 Å². The van der Waals surface area contributed by atoms with Gasteiger partial charge in [-0.25, -0.2) is 4.98 Å². The predicted octanol–water partition coefficient (Wildman–Crippen LogP) is 3.92. The van der Waals surface area contributed by atoms with Gasteiger partial charge in [-0.2, -0.15) is 14.9 Å². The molecule has 0 N–H and O–H groups in total. The number of thiophene rings is 1. The summed E-state index contributed by atoms with van der Waals surface area (Å²) in [5.74, 6) is 0. The molecule has 3 aromatic rings. The fourth-order valence-corrected chi connectivity index (χ4v) is 3.89. The Kier molecular flexibility index (Phi) is 5.06. The average molecular weight is 378 g/mol. The van der Waals surface area contributed by atoms with Gasteiger partial charge < -0.3 is 0 Å². The van der Waals surface area contributed by atoms with Gasteiger partial charge in [-0.1, -0.05) is 24.9 Å². The average Bonchev–Trinajstić information content (AvgIpc) is 3.02. The number of aromatic nitrogens is 4. The third-order valence-electron chi connectivity index (χ3n) is 4.22. The molecule has 0 aromatic carbocycles. The number of halogens is 1. The molecule has 0 radical (unpaired) electrons. The topological polar surface area (TPSA) is 65.1 Å². The lowest BCUT2D eigenvalue weighted by Gasteiger charge is -2.01. The minimum absolute atomic E-state index is 0.171. The van der Waals surface area contributed by atoms with E-state index in [0.717, 1.165) is 45.9 Å². The van der Waals surface area contributed by atoms with E-state index in [1.807, 2.05) is 20.8 Å². The summed E-state index contributed by atoms with van der Waals surface area (Å²) in [6, 6.07) is 0. The molecule has 8 heteroatoms. The second-order valence-corrected chi connectivity index (χ2v) is 7.53. The molecule has 132 valence electrons. The summed E-state index contributed by atoms with van der Waals surface area (Å²) < 4.78 is 3.03. The van der Waals surface area contributed by atoms with E-state index in [4.69, 9.17) is 11.6 Å². The Hall–Kier alpha value is -1.99. The molecule has 0 aliphatic rings. The van der Waals surface area contributed by atoms with Gasteiger partial charge in [-0.15, -0.1) is 11.3 Å². The van der Waals surface area contributed by atoms with E-state index in [1.165, 1.54) is 22.3 Å². The van der Waals surface area contributed by atoms with E-state index in [0.29, 0.717) is 10.5 Å². The molecule has 0 aliphatic carbocycles. The van der Waals surface area contributed by atoms with Crippen molar-refractivity contribution in [2.45, 2.75) is 47.1 Å². The molecule has 0 bridgehead atoms. The molecule has 0 saturated carbocycles. The van der Waals surface area contributed by atoms with Crippen LogP contribution in [0.4, 0.5) is 0 Å². The largest absolute Gasteiger partial charge is 0.282 e. The molecular weight excluding hydrogens is 358 g/mol. The molecule has 0 atom stereocenters. The lowest BCUT2D eigenvalue weighted by Crippen LogP contribution is -2.17. The number of hydrogen-bond acceptors (Lipinski definition) is 5. The number of aryl methyl sites for hydroxylation is 4. The molecule has 0 saturated heterocycles. The van der Waals surface area contributed by atoms with Gasteiger partial charge in [0.05, 0.1) is 22.9 Å². The van der Waals surface area contributed by atoms with Crippen molar-refractivity contribution in [1.82, 2.24) is 19.4 Å². The lowest BCUT2D eigenvalue weighted by atomic mass is 10.2. The zero-order valence-corrected chi connectivity index (χ0v) is 16.3. The summed E-state index contributed by atoms with van der Waals surface area (Å²) in [5.41, 5.74) is 2.30. The fraction of sp³-hybridized carbons (Fsp3) is 0.412. The second-order valence-electron chi connectivity index (χ2n) is 5.97. The Balaban J connectivity index is 1.99. The standard InChI is InChI=1S/C17H20ClN5OS/c1-5-6-7-22-15(18)13(11(3)21-22)8-20-23-9-19-16-14(17(23)24)10(2)12(4)25-16/h8-9H,5-7H2,1-4H3/b20-8+. The van der Waals surface area contributed by atoms with Crippen molar-refractivity contribution in [2.75, 3.05) is 0 Å². The van der Waals surface area contributed by atoms with Crippen molar-refractivity contribution in [1.29, 1.82) is 0 Å². The molecule has 3 aromatic heterocycles. The predicted molar refractivity (Wildman–Crippen MR) is 103 cm³/mol. The number of rotatable bonds is 5. The van der Waals surface area contributed by atoms with Crippen LogP contribution in [-0.2, 0) is 6.54 Å². The molecule has 6 nitrogen and oxygen atoms in total. The highest BCUT2D eigenvalue weighted by Gasteiger charge is 2.13. The molecular formula is C17H20ClN5OS. The summed E-state index contributed by atoms with van der Waals surface area (Å²) in [7, 11) is 0. The highest BCUT2D eigenvalue weighted by Crippen LogP contribution is 2.25. The van der Waals surface area contributed by atoms with Crippen LogP contribution in [0.1, 0.15) is 41.5 Å². The van der Waals surface area contributed by atoms with Gasteiger partial charge in [-0.05, 0) is 32.8 Å². The van der Waals surface area contributed by atoms with Crippen LogP contribution < -0.4 is 5.56 Å². The number of unbranched alkanes of at least 4 members (excludes halogenated alkanes) is 1. The van der Waals surface area contributed by atoms with Crippen molar-refractivity contribution in [2.24, 2.45) is 5.10 Å². The maximum absolute atomic E-state index is 12.7. The van der Waals surface area contributed by atoms with Crippen molar-refractivity contribution in [3.05, 3.63) is 43.5 Å². The van der Waals surface area contributed by atoms with Crippen molar-refractivity contribution < 1.29 is 0 Å². The Morgan fingerprint density at radius 2 is 2.12 bits per heavy atom. The first-order valence-corrected chi connectivity index (χ1v) is 9.38. The monoisotopic (exact) mass is 377 g/mol. The molecule has 0 unspecified atom stereocenters. The van der Waals surface area contributed by atoms with E-state index >= 15 is 0 Å². The molecule has 0 aliphatic heterocycles. The normalized spacial score (nSPS) is 11.9. The minimum atomic E-state index is -0.171. The van der Waals surface area contributed by atoms with Gasteiger partial charge in [0.2, 0.25) is 0 Å². The lowest BCUT2D eigenvalue weighted by molar-refractivity contribution is 0.569. The van der Waals surface area contributed by atoms with Crippen LogP contribution in [0.2, 0.25) is 5.15 Å². The third-order valence-corrected chi connectivity index (χ3v) is 5.73. The van der Waals surface area contributed by atoms with Crippen LogP contribution in [0.15, 0.2) is 16.2 Å². The highest BCUT2D eigenvalue weighted by molar-refractivity contribution is 7.18. The highest BCUT2D eigenvalue weighted by atomic mass is 35.5. The maximum Gasteiger partial charge on any atom is 0.282 e. The first-order valence-electron chi connectivity index (χ1n) is 8.18. The van der Waals surface area contributed by atoms with Gasteiger partial charge in [0, 0.05) is 11.4 Å². The SMILES string of the molecule is CCCCn1nc(C)c(/C=N/n2cnc3sc(C)c(C)c3c2=O)c1Cl. The van der Waals surface area contributed by atoms with Crippen molar-refractivity contribution in [3.8, 4) is 0 Å². The van der Waals surface area contributed by atoms with E-state index in [9.17, 15) is 4.79 Å². The summed E-state index contributed by atoms with van der Waals surface area (Å²) in [6.07, 6.45) is 5.10. The molecule has 25 heavy (non-hydrogen) atoms. The number of nitrogens with zero attached hydrogens (tertiary/aromatic N) is 5. The third kappa shape index (κ3) is 3.26. The van der Waals surface area contributed by atoms with Gasteiger partial charge in [0.25, 0.3) is 5.56 Å². The van der Waals surface area contributed by atoms with E-state index in [2.05, 4.69) is 22.1 Å². The number of fused-ring (bicyclic) bond motifs is 1. The van der Waals surface area contributed by atoms with Crippen LogP contribution in [0.3, 0.4) is 0 Å². The Bertz CT molecular complexity index is 1010. The van der Waals surface area contributed by atoms with E-state index < -0.39 is 0 Å². The Labute approximate surface area is 154 Å². The molecule has 0 fully saturated rings. The molecule has 3 heterocycles. The first-order chi connectivity index (χ1) is 11.9. The Morgan fingerprint density at radius 1 is 1.36 bits per heavy atom. The quantitative estimate of drug-likeness (QED) is 0.633. The molecule has 0 spiro atoms. The van der Waals surface area contributed by atoms with Crippen molar-refractivity contribution >= 4 is 39.4 Å². The summed E-state index contributed by atoms with van der Waals surface area (Å²) in [4.78, 5) is 18.8. The zero-order valence-electron chi connectivity index (χ0n) is 14.7. The van der Waals surface area contributed by atoms with Crippen molar-refractivity contribution in [3.63, 3.8) is 0 Å². The maximum atomic E-state index is 12.7. The first kappa shape index (κ1) is 17.8. The van der Waals surface area contributed by atoms with Gasteiger partial charge >= 0.3 is 0 Å². The summed E-state index contributed by atoms with van der Waals surface area (Å²) >= 11 is 7.92. The van der Waals surface area contributed by atoms with Crippen LogP contribution in [0, 0.1) is 20.8 Å². The van der Waals surface area contributed by atoms with Gasteiger partial charge in [0.1, 0.15) is 16.3 Å². The minimum Gasteiger partial charge on any atom is -0.267 e. The van der Waals surface area contributed by atoms with Crippen LogP contribution in [0.25, 0.3) is 10.2 Å². The fourth-order valence-electron chi connectivity index (χ4n) is 2.60. The smallest absolute Gasteiger partial charge is 0.267 e. The van der Waals surface area contributed by atoms with E-state index in [-0.39, 0.29) is 5.56 Å². The van der Waals surface area contributed by atoms with E-state index in [1.54, 1.807) is 10.9 Å². The van der Waals surface area contributed by atoms with Crippen LogP contribution in [-0.4, -0.2) is 25.7 Å². The zero-order chi connectivity index (χ0) is 18.1. The second kappa shape index (κ2) is 7.09. The molecule has 3 rings (SSSR count). The van der Waals surface area contributed by atoms with Gasteiger partial charge in [-0.3, -0.25) is 9.48 Å². The number of hydrogen-bond donors (Lipinski definition) is 0. The Morgan fingerprint density at radius 3 is 2.84 bits per heavy atom. The molecule has 0 amide bonds. The summed E-state index contributed by atoms with van der Waals surface area (Å²) in [6.45, 7) is 8.69. The van der Waals surface area contributed by atoms with Crippen LogP contribution in [0.5, 0.6) is 0 Å². The van der Waals surface area contributed by atoms with Gasteiger partial charge in [0.15, 0.2) is 0 Å². The summed E-state index contributed by atoms with van der Waals surface area (Å²) in [5, 5.41) is 9.89.